The number of aromatic amines is 1. The molecule has 5 nitrogen and oxygen atoms in total. The number of benzene rings is 2. The minimum Gasteiger partial charge on any atom is -0.463 e. The lowest BCUT2D eigenvalue weighted by Gasteiger charge is -2.27. The summed E-state index contributed by atoms with van der Waals surface area (Å²) in [5.74, 6) is -1.76. The maximum absolute atomic E-state index is 13.7. The van der Waals surface area contributed by atoms with Crippen LogP contribution in [0.2, 0.25) is 0 Å². The van der Waals surface area contributed by atoms with E-state index < -0.39 is 23.3 Å². The van der Waals surface area contributed by atoms with Crippen molar-refractivity contribution in [2.75, 3.05) is 11.3 Å². The number of fused-ring (bicyclic) bond motifs is 1. The molecule has 0 spiro atoms. The monoisotopic (exact) mass is 424 g/mol. The molecule has 3 N–H and O–H groups in total. The van der Waals surface area contributed by atoms with E-state index in [0.717, 1.165) is 16.7 Å². The van der Waals surface area contributed by atoms with Gasteiger partial charge in [-0.25, -0.2) is 4.79 Å². The number of carbonyl (C=O) groups excluding carboxylic acids is 1. The van der Waals surface area contributed by atoms with Crippen molar-refractivity contribution in [1.29, 1.82) is 0 Å². The van der Waals surface area contributed by atoms with Gasteiger partial charge < -0.3 is 19.5 Å². The van der Waals surface area contributed by atoms with Crippen molar-refractivity contribution in [2.24, 2.45) is 0 Å². The number of carbonyl (C=O) groups is 1. The van der Waals surface area contributed by atoms with Crippen LogP contribution in [-0.2, 0) is 15.1 Å². The number of H-pyrrole nitrogens is 1. The van der Waals surface area contributed by atoms with Crippen LogP contribution in [0.25, 0.3) is 10.9 Å². The molecule has 1 atom stereocenters. The number of esters is 1. The average molecular weight is 424 g/mol. The van der Waals surface area contributed by atoms with E-state index in [0.29, 0.717) is 11.2 Å². The molecule has 3 aromatic rings. The van der Waals surface area contributed by atoms with Gasteiger partial charge in [0.25, 0.3) is 5.60 Å². The second-order valence-electron chi connectivity index (χ2n) is 6.38. The van der Waals surface area contributed by atoms with Gasteiger partial charge in [0.05, 0.1) is 17.8 Å². The fourth-order valence-corrected chi connectivity index (χ4v) is 3.54. The molecule has 3 rings (SSSR count). The summed E-state index contributed by atoms with van der Waals surface area (Å²) in [6.07, 6.45) is -4.27. The zero-order valence-corrected chi connectivity index (χ0v) is 16.4. The molecule has 1 unspecified atom stereocenters. The highest BCUT2D eigenvalue weighted by Crippen LogP contribution is 2.44. The highest BCUT2D eigenvalue weighted by Gasteiger charge is 2.63. The number of rotatable bonds is 6. The van der Waals surface area contributed by atoms with Crippen molar-refractivity contribution in [3.05, 3.63) is 59.8 Å². The molecule has 154 valence electrons. The molecular formula is C20H19F3N2O3S. The summed E-state index contributed by atoms with van der Waals surface area (Å²) < 4.78 is 48.7. The Labute approximate surface area is 169 Å². The van der Waals surface area contributed by atoms with Crippen LogP contribution in [0.4, 0.5) is 18.9 Å². The number of anilines is 1. The van der Waals surface area contributed by atoms with E-state index in [-0.39, 0.29) is 12.0 Å². The normalized spacial score (nSPS) is 13.9. The van der Waals surface area contributed by atoms with Crippen LogP contribution in [-0.4, -0.2) is 28.8 Å². The third kappa shape index (κ3) is 3.92. The Hall–Kier alpha value is -2.65. The molecule has 0 amide bonds. The van der Waals surface area contributed by atoms with Gasteiger partial charge in [-0.3, -0.25) is 0 Å². The lowest BCUT2D eigenvalue weighted by atomic mass is 9.92. The molecular weight excluding hydrogens is 405 g/mol. The van der Waals surface area contributed by atoms with Crippen molar-refractivity contribution in [1.82, 2.24) is 4.98 Å². The molecule has 0 aliphatic rings. The summed E-state index contributed by atoms with van der Waals surface area (Å²) in [7, 11) is 0. The molecule has 29 heavy (non-hydrogen) atoms. The van der Waals surface area contributed by atoms with Gasteiger partial charge in [-0.15, -0.1) is 0 Å². The van der Waals surface area contributed by atoms with Crippen LogP contribution in [0.3, 0.4) is 0 Å². The highest BCUT2D eigenvalue weighted by molar-refractivity contribution is 8.00. The SMILES string of the molecule is CCOC(=O)C(O)(c1c[nH]c2c(NSc3ccc(C)cc3)cccc12)C(F)(F)F. The lowest BCUT2D eigenvalue weighted by molar-refractivity contribution is -0.267. The van der Waals surface area contributed by atoms with Crippen molar-refractivity contribution in [2.45, 2.75) is 30.5 Å². The minimum absolute atomic E-state index is 0.0624. The van der Waals surface area contributed by atoms with Gasteiger partial charge in [0.1, 0.15) is 0 Å². The number of para-hydroxylation sites is 1. The summed E-state index contributed by atoms with van der Waals surface area (Å²) in [4.78, 5) is 15.7. The van der Waals surface area contributed by atoms with Gasteiger partial charge >= 0.3 is 12.1 Å². The second-order valence-corrected chi connectivity index (χ2v) is 7.26. The molecule has 0 radical (unpaired) electrons. The van der Waals surface area contributed by atoms with Crippen LogP contribution in [0, 0.1) is 6.92 Å². The van der Waals surface area contributed by atoms with Gasteiger partial charge in [-0.05, 0) is 44.0 Å². The summed E-state index contributed by atoms with van der Waals surface area (Å²) in [5.41, 5.74) is -2.44. The predicted molar refractivity (Wildman–Crippen MR) is 106 cm³/mol. The molecule has 1 aromatic heterocycles. The molecule has 0 saturated heterocycles. The summed E-state index contributed by atoms with van der Waals surface area (Å²) in [5, 5.41) is 10.4. The van der Waals surface area contributed by atoms with Crippen LogP contribution < -0.4 is 4.72 Å². The van der Waals surface area contributed by atoms with E-state index in [1.165, 1.54) is 24.9 Å². The quantitative estimate of drug-likeness (QED) is 0.387. The van der Waals surface area contributed by atoms with Gasteiger partial charge in [-0.2, -0.15) is 13.2 Å². The van der Waals surface area contributed by atoms with Crippen LogP contribution in [0.15, 0.2) is 53.6 Å². The predicted octanol–water partition coefficient (Wildman–Crippen LogP) is 4.91. The Balaban J connectivity index is 2.00. The van der Waals surface area contributed by atoms with E-state index in [9.17, 15) is 23.1 Å². The van der Waals surface area contributed by atoms with Crippen molar-refractivity contribution < 1.29 is 27.8 Å². The molecule has 0 bridgehead atoms. The van der Waals surface area contributed by atoms with E-state index in [1.54, 1.807) is 12.1 Å². The molecule has 0 aliphatic heterocycles. The number of aryl methyl sites for hydroxylation is 1. The molecule has 1 heterocycles. The maximum atomic E-state index is 13.7. The fourth-order valence-electron chi connectivity index (χ4n) is 2.87. The van der Waals surface area contributed by atoms with Crippen molar-refractivity contribution >= 4 is 34.5 Å². The second kappa shape index (κ2) is 8.00. The zero-order chi connectivity index (χ0) is 21.2. The number of alkyl halides is 3. The van der Waals surface area contributed by atoms with E-state index in [2.05, 4.69) is 14.4 Å². The number of aromatic nitrogens is 1. The van der Waals surface area contributed by atoms with Crippen LogP contribution in [0.5, 0.6) is 0 Å². The molecule has 0 aliphatic carbocycles. The Morgan fingerprint density at radius 1 is 1.21 bits per heavy atom. The smallest absolute Gasteiger partial charge is 0.432 e. The molecule has 0 fully saturated rings. The number of ether oxygens (including phenoxy) is 1. The highest BCUT2D eigenvalue weighted by atomic mass is 32.2. The van der Waals surface area contributed by atoms with E-state index >= 15 is 0 Å². The number of halogens is 3. The van der Waals surface area contributed by atoms with Crippen LogP contribution >= 0.6 is 11.9 Å². The first kappa shape index (κ1) is 21.1. The first-order valence-electron chi connectivity index (χ1n) is 8.75. The standard InChI is InChI=1S/C20H19F3N2O3S/c1-3-28-18(26)19(27,20(21,22)23)15-11-24-17-14(15)5-4-6-16(17)25-29-13-9-7-12(2)8-10-13/h4-11,24-25,27H,3H2,1-2H3. The summed E-state index contributed by atoms with van der Waals surface area (Å²) in [6, 6.07) is 12.3. The van der Waals surface area contributed by atoms with Gasteiger partial charge in [0.2, 0.25) is 0 Å². The third-order valence-electron chi connectivity index (χ3n) is 4.39. The topological polar surface area (TPSA) is 74.3 Å². The van der Waals surface area contributed by atoms with E-state index in [4.69, 9.17) is 0 Å². The van der Waals surface area contributed by atoms with Crippen molar-refractivity contribution in [3.8, 4) is 0 Å². The van der Waals surface area contributed by atoms with Crippen molar-refractivity contribution in [3.63, 3.8) is 0 Å². The Kier molecular flexibility index (Phi) is 5.81. The first-order valence-corrected chi connectivity index (χ1v) is 9.56. The molecule has 9 heteroatoms. The maximum Gasteiger partial charge on any atom is 0.432 e. The number of hydrogen-bond donors (Lipinski definition) is 3. The summed E-state index contributed by atoms with van der Waals surface area (Å²) >= 11 is 1.29. The number of nitrogens with one attached hydrogen (secondary N) is 2. The average Bonchev–Trinajstić information content (AvgIpc) is 3.11. The van der Waals surface area contributed by atoms with Gasteiger partial charge in [0, 0.05) is 22.0 Å². The lowest BCUT2D eigenvalue weighted by Crippen LogP contribution is -2.50. The Bertz CT molecular complexity index is 1020. The van der Waals surface area contributed by atoms with Gasteiger partial charge in [-0.1, -0.05) is 29.8 Å². The fraction of sp³-hybridized carbons (Fsp3) is 0.250. The van der Waals surface area contributed by atoms with E-state index in [1.807, 2.05) is 31.2 Å². The number of aliphatic hydroxyl groups is 1. The Morgan fingerprint density at radius 2 is 1.90 bits per heavy atom. The third-order valence-corrected chi connectivity index (χ3v) is 5.22. The molecule has 2 aromatic carbocycles. The largest absolute Gasteiger partial charge is 0.463 e. The van der Waals surface area contributed by atoms with Crippen LogP contribution in [0.1, 0.15) is 18.1 Å². The summed E-state index contributed by atoms with van der Waals surface area (Å²) in [6.45, 7) is 3.04. The first-order chi connectivity index (χ1) is 13.7. The number of hydrogen-bond acceptors (Lipinski definition) is 5. The molecule has 0 saturated carbocycles. The Morgan fingerprint density at radius 3 is 2.52 bits per heavy atom. The van der Waals surface area contributed by atoms with Gasteiger partial charge in [0.15, 0.2) is 0 Å². The minimum atomic E-state index is -5.26. The zero-order valence-electron chi connectivity index (χ0n) is 15.6.